The van der Waals surface area contributed by atoms with Gasteiger partial charge in [-0.2, -0.15) is 4.98 Å². The number of hydrogen-bond donors (Lipinski definition) is 2. The minimum atomic E-state index is 0.315. The first-order valence-corrected chi connectivity index (χ1v) is 5.52. The molecule has 90 valence electrons. The highest BCUT2D eigenvalue weighted by Crippen LogP contribution is 2.12. The summed E-state index contributed by atoms with van der Waals surface area (Å²) in [6, 6.07) is 2.12. The molecule has 0 radical (unpaired) electrons. The predicted octanol–water partition coefficient (Wildman–Crippen LogP) is 1.33. The lowest BCUT2D eigenvalue weighted by atomic mass is 10.2. The van der Waals surface area contributed by atoms with Gasteiger partial charge in [0.05, 0.1) is 7.11 Å². The Bertz CT molecular complexity index is 330. The van der Waals surface area contributed by atoms with Crippen LogP contribution in [0.5, 0.6) is 5.88 Å². The molecule has 0 saturated heterocycles. The second-order valence-corrected chi connectivity index (χ2v) is 3.85. The van der Waals surface area contributed by atoms with Gasteiger partial charge in [-0.3, -0.25) is 0 Å². The van der Waals surface area contributed by atoms with E-state index in [1.807, 2.05) is 6.92 Å². The molecule has 0 bridgehead atoms. The van der Waals surface area contributed by atoms with Gasteiger partial charge in [0, 0.05) is 17.8 Å². The fourth-order valence-electron chi connectivity index (χ4n) is 1.43. The van der Waals surface area contributed by atoms with Gasteiger partial charge in [0.1, 0.15) is 0 Å². The molecule has 3 N–H and O–H groups in total. The van der Waals surface area contributed by atoms with Gasteiger partial charge >= 0.3 is 0 Å². The Kier molecular flexibility index (Phi) is 4.98. The number of ether oxygens (including phenoxy) is 1. The SMILES string of the molecule is COc1cc(C)nc(NC(C)CCCN)n1. The lowest BCUT2D eigenvalue weighted by Gasteiger charge is -2.13. The lowest BCUT2D eigenvalue weighted by Crippen LogP contribution is -2.18. The fourth-order valence-corrected chi connectivity index (χ4v) is 1.43. The second kappa shape index (κ2) is 6.27. The fraction of sp³-hybridized carbons (Fsp3) is 0.636. The third kappa shape index (κ3) is 4.02. The van der Waals surface area contributed by atoms with Crippen LogP contribution in [-0.4, -0.2) is 29.7 Å². The van der Waals surface area contributed by atoms with E-state index in [2.05, 4.69) is 22.2 Å². The van der Waals surface area contributed by atoms with Gasteiger partial charge in [-0.05, 0) is 33.2 Å². The first-order valence-electron chi connectivity index (χ1n) is 5.52. The molecule has 16 heavy (non-hydrogen) atoms. The lowest BCUT2D eigenvalue weighted by molar-refractivity contribution is 0.396. The minimum absolute atomic E-state index is 0.315. The van der Waals surface area contributed by atoms with Gasteiger partial charge in [0.15, 0.2) is 0 Å². The molecule has 5 nitrogen and oxygen atoms in total. The van der Waals surface area contributed by atoms with E-state index >= 15 is 0 Å². The maximum atomic E-state index is 5.46. The molecule has 0 aliphatic rings. The molecule has 0 amide bonds. The number of aryl methyl sites for hydroxylation is 1. The van der Waals surface area contributed by atoms with E-state index in [0.717, 1.165) is 18.5 Å². The normalized spacial score (nSPS) is 12.2. The topological polar surface area (TPSA) is 73.1 Å². The van der Waals surface area contributed by atoms with Crippen LogP contribution in [-0.2, 0) is 0 Å². The highest BCUT2D eigenvalue weighted by molar-refractivity contribution is 5.31. The first kappa shape index (κ1) is 12.7. The van der Waals surface area contributed by atoms with Crippen LogP contribution in [0.2, 0.25) is 0 Å². The molecule has 0 aromatic carbocycles. The van der Waals surface area contributed by atoms with Crippen molar-refractivity contribution < 1.29 is 4.74 Å². The maximum Gasteiger partial charge on any atom is 0.226 e. The van der Waals surface area contributed by atoms with Gasteiger partial charge in [-0.1, -0.05) is 0 Å². The molecule has 1 atom stereocenters. The van der Waals surface area contributed by atoms with E-state index in [1.54, 1.807) is 13.2 Å². The number of aromatic nitrogens is 2. The summed E-state index contributed by atoms with van der Waals surface area (Å²) in [5.74, 6) is 1.20. The zero-order valence-electron chi connectivity index (χ0n) is 10.2. The summed E-state index contributed by atoms with van der Waals surface area (Å²) < 4.78 is 5.09. The van der Waals surface area contributed by atoms with Crippen molar-refractivity contribution in [2.45, 2.75) is 32.7 Å². The van der Waals surface area contributed by atoms with E-state index in [9.17, 15) is 0 Å². The van der Waals surface area contributed by atoms with Crippen molar-refractivity contribution in [2.75, 3.05) is 19.0 Å². The third-order valence-electron chi connectivity index (χ3n) is 2.26. The van der Waals surface area contributed by atoms with E-state index < -0.39 is 0 Å². The second-order valence-electron chi connectivity index (χ2n) is 3.85. The molecule has 1 aromatic rings. The van der Waals surface area contributed by atoms with Crippen molar-refractivity contribution in [3.8, 4) is 5.88 Å². The molecule has 1 heterocycles. The molecule has 5 heteroatoms. The highest BCUT2D eigenvalue weighted by atomic mass is 16.5. The summed E-state index contributed by atoms with van der Waals surface area (Å²) >= 11 is 0. The van der Waals surface area contributed by atoms with Crippen LogP contribution in [0.4, 0.5) is 5.95 Å². The number of nitrogens with one attached hydrogen (secondary N) is 1. The summed E-state index contributed by atoms with van der Waals surface area (Å²) in [7, 11) is 1.60. The molecule has 0 spiro atoms. The average molecular weight is 224 g/mol. The van der Waals surface area contributed by atoms with Crippen molar-refractivity contribution in [2.24, 2.45) is 5.73 Å². The number of anilines is 1. The van der Waals surface area contributed by atoms with Crippen LogP contribution >= 0.6 is 0 Å². The van der Waals surface area contributed by atoms with Gasteiger partial charge in [0.2, 0.25) is 11.8 Å². The number of nitrogens with zero attached hydrogens (tertiary/aromatic N) is 2. The quantitative estimate of drug-likeness (QED) is 0.762. The maximum absolute atomic E-state index is 5.46. The number of methoxy groups -OCH3 is 1. The number of rotatable bonds is 6. The summed E-state index contributed by atoms with van der Waals surface area (Å²) in [5.41, 5.74) is 6.35. The number of nitrogens with two attached hydrogens (primary N) is 1. The molecular weight excluding hydrogens is 204 g/mol. The van der Waals surface area contributed by atoms with Crippen molar-refractivity contribution >= 4 is 5.95 Å². The molecule has 0 aliphatic heterocycles. The Balaban J connectivity index is 2.61. The van der Waals surface area contributed by atoms with E-state index in [4.69, 9.17) is 10.5 Å². The molecule has 1 unspecified atom stereocenters. The molecule has 1 rings (SSSR count). The molecule has 0 fully saturated rings. The first-order chi connectivity index (χ1) is 7.65. The standard InChI is InChI=1S/C11H20N4O/c1-8(5-4-6-12)13-11-14-9(2)7-10(15-11)16-3/h7-8H,4-6,12H2,1-3H3,(H,13,14,15). The van der Waals surface area contributed by atoms with Crippen molar-refractivity contribution in [3.05, 3.63) is 11.8 Å². The van der Waals surface area contributed by atoms with E-state index in [-0.39, 0.29) is 0 Å². The van der Waals surface area contributed by atoms with Gasteiger partial charge in [-0.25, -0.2) is 4.98 Å². The predicted molar refractivity (Wildman–Crippen MR) is 64.7 cm³/mol. The van der Waals surface area contributed by atoms with Gasteiger partial charge in [0.25, 0.3) is 0 Å². The van der Waals surface area contributed by atoms with E-state index in [1.165, 1.54) is 0 Å². The van der Waals surface area contributed by atoms with Crippen molar-refractivity contribution in [1.29, 1.82) is 0 Å². The van der Waals surface area contributed by atoms with E-state index in [0.29, 0.717) is 24.4 Å². The summed E-state index contributed by atoms with van der Waals surface area (Å²) in [6.45, 7) is 4.72. The van der Waals surface area contributed by atoms with Crippen molar-refractivity contribution in [3.63, 3.8) is 0 Å². The van der Waals surface area contributed by atoms with Gasteiger partial charge < -0.3 is 15.8 Å². The Morgan fingerprint density at radius 1 is 1.50 bits per heavy atom. The Morgan fingerprint density at radius 2 is 2.25 bits per heavy atom. The van der Waals surface area contributed by atoms with Crippen LogP contribution in [0.15, 0.2) is 6.07 Å². The van der Waals surface area contributed by atoms with Crippen molar-refractivity contribution in [1.82, 2.24) is 9.97 Å². The van der Waals surface area contributed by atoms with Crippen LogP contribution in [0, 0.1) is 6.92 Å². The van der Waals surface area contributed by atoms with Crippen LogP contribution < -0.4 is 15.8 Å². The monoisotopic (exact) mass is 224 g/mol. The number of hydrogen-bond acceptors (Lipinski definition) is 5. The minimum Gasteiger partial charge on any atom is -0.481 e. The van der Waals surface area contributed by atoms with Crippen LogP contribution in [0.3, 0.4) is 0 Å². The van der Waals surface area contributed by atoms with Crippen LogP contribution in [0.1, 0.15) is 25.5 Å². The molecular formula is C11H20N4O. The molecule has 0 aliphatic carbocycles. The summed E-state index contributed by atoms with van der Waals surface area (Å²) in [6.07, 6.45) is 2.01. The largest absolute Gasteiger partial charge is 0.481 e. The highest BCUT2D eigenvalue weighted by Gasteiger charge is 2.06. The molecule has 1 aromatic heterocycles. The summed E-state index contributed by atoms with van der Waals surface area (Å²) in [5, 5.41) is 3.23. The van der Waals surface area contributed by atoms with Gasteiger partial charge in [-0.15, -0.1) is 0 Å². The smallest absolute Gasteiger partial charge is 0.226 e. The zero-order valence-corrected chi connectivity index (χ0v) is 10.2. The van der Waals surface area contributed by atoms with Crippen LogP contribution in [0.25, 0.3) is 0 Å². The average Bonchev–Trinajstić information content (AvgIpc) is 2.25. The Hall–Kier alpha value is -1.36. The zero-order chi connectivity index (χ0) is 12.0. The Labute approximate surface area is 96.4 Å². The molecule has 0 saturated carbocycles. The summed E-state index contributed by atoms with van der Waals surface area (Å²) in [4.78, 5) is 8.52. The Morgan fingerprint density at radius 3 is 2.88 bits per heavy atom. The third-order valence-corrected chi connectivity index (χ3v) is 2.26.